The number of esters is 1. The predicted molar refractivity (Wildman–Crippen MR) is 73.0 cm³/mol. The van der Waals surface area contributed by atoms with Gasteiger partial charge in [0.15, 0.2) is 0 Å². The van der Waals surface area contributed by atoms with Crippen molar-refractivity contribution in [2.24, 2.45) is 0 Å². The van der Waals surface area contributed by atoms with E-state index < -0.39 is 5.54 Å². The van der Waals surface area contributed by atoms with Gasteiger partial charge in [-0.25, -0.2) is 0 Å². The monoisotopic (exact) mass is 270 g/mol. The number of ether oxygens (including phenoxy) is 2. The molecule has 2 aliphatic rings. The molecule has 5 heteroatoms. The molecule has 1 saturated heterocycles. The summed E-state index contributed by atoms with van der Waals surface area (Å²) in [4.78, 5) is 14.4. The van der Waals surface area contributed by atoms with Gasteiger partial charge in [-0.1, -0.05) is 0 Å². The number of nitrogens with one attached hydrogen (secondary N) is 1. The zero-order valence-electron chi connectivity index (χ0n) is 12.4. The maximum Gasteiger partial charge on any atom is 0.327 e. The van der Waals surface area contributed by atoms with Crippen LogP contribution in [0.15, 0.2) is 0 Å². The van der Waals surface area contributed by atoms with Crippen molar-refractivity contribution in [3.8, 4) is 0 Å². The van der Waals surface area contributed by atoms with E-state index in [1.54, 1.807) is 0 Å². The Morgan fingerprint density at radius 1 is 1.47 bits per heavy atom. The summed E-state index contributed by atoms with van der Waals surface area (Å²) in [6.07, 6.45) is 2.53. The molecule has 19 heavy (non-hydrogen) atoms. The van der Waals surface area contributed by atoms with E-state index in [0.29, 0.717) is 18.6 Å². The van der Waals surface area contributed by atoms with E-state index in [0.717, 1.165) is 26.0 Å². The molecule has 0 aromatic rings. The van der Waals surface area contributed by atoms with Gasteiger partial charge in [-0.2, -0.15) is 0 Å². The van der Waals surface area contributed by atoms with Gasteiger partial charge in [0.2, 0.25) is 0 Å². The van der Waals surface area contributed by atoms with E-state index >= 15 is 0 Å². The van der Waals surface area contributed by atoms with Crippen LogP contribution in [-0.4, -0.2) is 61.4 Å². The molecule has 3 atom stereocenters. The number of rotatable bonds is 5. The highest BCUT2D eigenvalue weighted by Gasteiger charge is 2.42. The molecule has 3 unspecified atom stereocenters. The molecule has 0 aromatic carbocycles. The van der Waals surface area contributed by atoms with Gasteiger partial charge in [-0.05, 0) is 33.6 Å². The van der Waals surface area contributed by atoms with Gasteiger partial charge in [0.25, 0.3) is 0 Å². The maximum absolute atomic E-state index is 12.1. The lowest BCUT2D eigenvalue weighted by atomic mass is 9.99. The fraction of sp³-hybridized carbons (Fsp3) is 0.929. The predicted octanol–water partition coefficient (Wildman–Crippen LogP) is 0.779. The Bertz CT molecular complexity index is 333. The van der Waals surface area contributed by atoms with Gasteiger partial charge in [-0.15, -0.1) is 0 Å². The Kier molecular flexibility index (Phi) is 4.48. The van der Waals surface area contributed by atoms with E-state index in [1.807, 2.05) is 6.92 Å². The number of hydrogen-bond acceptors (Lipinski definition) is 5. The second kappa shape index (κ2) is 5.77. The third-order valence-corrected chi connectivity index (χ3v) is 3.99. The van der Waals surface area contributed by atoms with Gasteiger partial charge in [-0.3, -0.25) is 15.0 Å². The Morgan fingerprint density at radius 2 is 2.16 bits per heavy atom. The fourth-order valence-corrected chi connectivity index (χ4v) is 2.67. The molecule has 0 amide bonds. The van der Waals surface area contributed by atoms with E-state index in [1.165, 1.54) is 7.11 Å². The van der Waals surface area contributed by atoms with Gasteiger partial charge in [0.1, 0.15) is 5.54 Å². The van der Waals surface area contributed by atoms with Crippen LogP contribution in [0.5, 0.6) is 0 Å². The summed E-state index contributed by atoms with van der Waals surface area (Å²) in [5, 5.41) is 3.44. The largest absolute Gasteiger partial charge is 0.468 e. The van der Waals surface area contributed by atoms with Crippen molar-refractivity contribution in [3.63, 3.8) is 0 Å². The van der Waals surface area contributed by atoms with Crippen molar-refractivity contribution >= 4 is 5.97 Å². The molecule has 0 aromatic heterocycles. The summed E-state index contributed by atoms with van der Waals surface area (Å²) in [6.45, 7) is 8.42. The molecule has 2 rings (SSSR count). The molecule has 1 N–H and O–H groups in total. The first-order valence-corrected chi connectivity index (χ1v) is 7.16. The summed E-state index contributed by atoms with van der Waals surface area (Å²) >= 11 is 0. The van der Waals surface area contributed by atoms with E-state index in [-0.39, 0.29) is 12.1 Å². The van der Waals surface area contributed by atoms with Crippen LogP contribution in [0.3, 0.4) is 0 Å². The summed E-state index contributed by atoms with van der Waals surface area (Å²) in [5.41, 5.74) is -0.624. The summed E-state index contributed by atoms with van der Waals surface area (Å²) < 4.78 is 10.6. The SMILES string of the molecule is COC(=O)C(C)(CN1CC(C)OCC1C)NC1CC1. The lowest BCUT2D eigenvalue weighted by Crippen LogP contribution is -2.61. The van der Waals surface area contributed by atoms with Crippen molar-refractivity contribution in [1.29, 1.82) is 0 Å². The van der Waals surface area contributed by atoms with Gasteiger partial charge in [0, 0.05) is 25.2 Å². The van der Waals surface area contributed by atoms with Crippen LogP contribution >= 0.6 is 0 Å². The van der Waals surface area contributed by atoms with E-state index in [9.17, 15) is 4.79 Å². The van der Waals surface area contributed by atoms with Crippen molar-refractivity contribution in [2.45, 2.75) is 57.3 Å². The Morgan fingerprint density at radius 3 is 2.74 bits per heavy atom. The zero-order valence-corrected chi connectivity index (χ0v) is 12.4. The van der Waals surface area contributed by atoms with Crippen LogP contribution < -0.4 is 5.32 Å². The topological polar surface area (TPSA) is 50.8 Å². The number of morpholine rings is 1. The highest BCUT2D eigenvalue weighted by atomic mass is 16.5. The van der Waals surface area contributed by atoms with E-state index in [4.69, 9.17) is 9.47 Å². The molecule has 2 fully saturated rings. The van der Waals surface area contributed by atoms with Crippen LogP contribution in [0.25, 0.3) is 0 Å². The van der Waals surface area contributed by atoms with Gasteiger partial charge >= 0.3 is 5.97 Å². The highest BCUT2D eigenvalue weighted by Crippen LogP contribution is 2.25. The first kappa shape index (κ1) is 14.8. The summed E-state index contributed by atoms with van der Waals surface area (Å²) in [7, 11) is 1.46. The highest BCUT2D eigenvalue weighted by molar-refractivity contribution is 5.80. The van der Waals surface area contributed by atoms with Crippen molar-refractivity contribution in [2.75, 3.05) is 26.8 Å². The molecule has 1 heterocycles. The molecule has 5 nitrogen and oxygen atoms in total. The number of nitrogens with zero attached hydrogens (tertiary/aromatic N) is 1. The van der Waals surface area contributed by atoms with Crippen molar-refractivity contribution in [1.82, 2.24) is 10.2 Å². The third kappa shape index (κ3) is 3.68. The molecule has 0 radical (unpaired) electrons. The standard InChI is InChI=1S/C14H26N2O3/c1-10-8-19-11(2)7-16(10)9-14(3,13(17)18-4)15-12-5-6-12/h10-12,15H,5-9H2,1-4H3. The average Bonchev–Trinajstić information content (AvgIpc) is 3.16. The molecule has 110 valence electrons. The van der Waals surface area contributed by atoms with Crippen LogP contribution in [0.4, 0.5) is 0 Å². The molecule has 0 spiro atoms. The first-order valence-electron chi connectivity index (χ1n) is 7.16. The average molecular weight is 270 g/mol. The molecule has 1 aliphatic heterocycles. The van der Waals surface area contributed by atoms with Crippen molar-refractivity contribution in [3.05, 3.63) is 0 Å². The first-order chi connectivity index (χ1) is 8.94. The summed E-state index contributed by atoms with van der Waals surface area (Å²) in [6, 6.07) is 0.805. The van der Waals surface area contributed by atoms with Crippen LogP contribution in [0.1, 0.15) is 33.6 Å². The Hall–Kier alpha value is -0.650. The van der Waals surface area contributed by atoms with Crippen LogP contribution in [-0.2, 0) is 14.3 Å². The quantitative estimate of drug-likeness (QED) is 0.748. The molecule has 1 saturated carbocycles. The molecule has 1 aliphatic carbocycles. The maximum atomic E-state index is 12.1. The van der Waals surface area contributed by atoms with Gasteiger partial charge in [0.05, 0.1) is 19.8 Å². The number of carbonyl (C=O) groups excluding carboxylic acids is 1. The third-order valence-electron chi connectivity index (χ3n) is 3.99. The Labute approximate surface area is 115 Å². The van der Waals surface area contributed by atoms with Gasteiger partial charge < -0.3 is 9.47 Å². The Balaban J connectivity index is 2.03. The van der Waals surface area contributed by atoms with Crippen LogP contribution in [0.2, 0.25) is 0 Å². The second-order valence-corrected chi connectivity index (χ2v) is 6.16. The molecule has 0 bridgehead atoms. The zero-order chi connectivity index (χ0) is 14.0. The minimum Gasteiger partial charge on any atom is -0.468 e. The van der Waals surface area contributed by atoms with Crippen LogP contribution in [0, 0.1) is 0 Å². The van der Waals surface area contributed by atoms with E-state index in [2.05, 4.69) is 24.1 Å². The minimum absolute atomic E-state index is 0.175. The smallest absolute Gasteiger partial charge is 0.327 e. The number of methoxy groups -OCH3 is 1. The summed E-state index contributed by atoms with van der Waals surface area (Å²) in [5.74, 6) is -0.175. The second-order valence-electron chi connectivity index (χ2n) is 6.16. The molecular formula is C14H26N2O3. The number of carbonyl (C=O) groups is 1. The molecular weight excluding hydrogens is 244 g/mol. The fourth-order valence-electron chi connectivity index (χ4n) is 2.67. The number of hydrogen-bond donors (Lipinski definition) is 1. The van der Waals surface area contributed by atoms with Crippen molar-refractivity contribution < 1.29 is 14.3 Å². The minimum atomic E-state index is -0.624. The lowest BCUT2D eigenvalue weighted by Gasteiger charge is -2.41. The lowest BCUT2D eigenvalue weighted by molar-refractivity contribution is -0.150. The normalized spacial score (nSPS) is 31.8.